The largest absolute Gasteiger partial charge is 1.00 e. The Hall–Kier alpha value is -3.65. The molecule has 0 radical (unpaired) electrons. The Kier molecular flexibility index (Phi) is 26.5. The standard InChI is InChI=1S/C49H61F3N4O13S2.2Na/c1-8-9-10-11-12-13-14-15-16-17-24-66-46(61)31-18-23-36(49(50,51)52)37(26-31)54-45(60)43(44(59)48(6,7)29-47(3,4)5)67-34-21-19-33(20-22-34)55-56-41-39(70-69-68-62)27-32-25-35(71(63,64)65)28-38(53-30(2)57)40(32)42(41)58;;/h18-23,25-28,43,58,62H,8-17,24,29H2,1-7H3,(H,53,57)(H,54,60)(H,63,64,65);;/q;2*+1/p-2. The Labute approximate surface area is 471 Å². The van der Waals surface area contributed by atoms with Crippen LogP contribution < -0.4 is 79.7 Å². The molecule has 1 atom stereocenters. The van der Waals surface area contributed by atoms with Gasteiger partial charge in [-0.1, -0.05) is 99.3 Å². The second-order valence-corrected chi connectivity index (χ2v) is 20.9. The predicted molar refractivity (Wildman–Crippen MR) is 256 cm³/mol. The number of carbonyl (C=O) groups is 4. The summed E-state index contributed by atoms with van der Waals surface area (Å²) in [6.07, 6.45) is 3.73. The molecule has 73 heavy (non-hydrogen) atoms. The van der Waals surface area contributed by atoms with Gasteiger partial charge in [0.25, 0.3) is 5.91 Å². The zero-order chi connectivity index (χ0) is 52.7. The van der Waals surface area contributed by atoms with Gasteiger partial charge in [0.05, 0.1) is 56.6 Å². The molecule has 388 valence electrons. The summed E-state index contributed by atoms with van der Waals surface area (Å²) in [6, 6.07) is 10.5. The van der Waals surface area contributed by atoms with Gasteiger partial charge in [0, 0.05) is 17.7 Å². The molecular weight excluding hydrogens is 1020 g/mol. The molecule has 0 saturated carbocycles. The zero-order valence-electron chi connectivity index (χ0n) is 42.5. The molecule has 0 saturated heterocycles. The van der Waals surface area contributed by atoms with Crippen LogP contribution >= 0.6 is 12.0 Å². The van der Waals surface area contributed by atoms with Crippen molar-refractivity contribution in [2.24, 2.45) is 21.1 Å². The van der Waals surface area contributed by atoms with E-state index in [0.717, 1.165) is 56.9 Å². The van der Waals surface area contributed by atoms with Crippen LogP contribution in [0.15, 0.2) is 80.7 Å². The number of nitrogens with one attached hydrogen (secondary N) is 2. The fraction of sp³-hybridized carbons (Fsp3) is 0.469. The third-order valence-electron chi connectivity index (χ3n) is 10.9. The summed E-state index contributed by atoms with van der Waals surface area (Å²) in [5.74, 6) is -4.43. The molecule has 0 aliphatic carbocycles. The smallest absolute Gasteiger partial charge is 0.744 e. The molecule has 3 N–H and O–H groups in total. The number of anilines is 2. The van der Waals surface area contributed by atoms with Crippen LogP contribution in [0.1, 0.15) is 135 Å². The number of fused-ring (bicyclic) bond motifs is 1. The van der Waals surface area contributed by atoms with Crippen molar-refractivity contribution in [3.8, 4) is 11.5 Å². The number of nitrogens with zero attached hydrogens (tertiary/aromatic N) is 2. The average Bonchev–Trinajstić information content (AvgIpc) is 3.27. The van der Waals surface area contributed by atoms with Crippen LogP contribution in [-0.2, 0) is 44.8 Å². The van der Waals surface area contributed by atoms with E-state index in [2.05, 4.69) is 37.2 Å². The zero-order valence-corrected chi connectivity index (χ0v) is 48.2. The van der Waals surface area contributed by atoms with E-state index >= 15 is 0 Å². The monoisotopic (exact) mass is 1080 g/mol. The first-order valence-electron chi connectivity index (χ1n) is 22.9. The molecule has 0 aromatic heterocycles. The van der Waals surface area contributed by atoms with Gasteiger partial charge in [-0.2, -0.15) is 22.6 Å². The number of benzene rings is 4. The van der Waals surface area contributed by atoms with Crippen LogP contribution in [-0.4, -0.2) is 54.4 Å². The summed E-state index contributed by atoms with van der Waals surface area (Å²) < 4.78 is 94.6. The number of amides is 2. The van der Waals surface area contributed by atoms with E-state index in [4.69, 9.17) is 9.47 Å². The number of ether oxygens (including phenoxy) is 2. The third kappa shape index (κ3) is 20.4. The Morgan fingerprint density at radius 2 is 1.41 bits per heavy atom. The second-order valence-electron chi connectivity index (χ2n) is 18.7. The molecule has 0 spiro atoms. The average molecular weight is 1080 g/mol. The molecule has 24 heteroatoms. The number of rotatable bonds is 26. The predicted octanol–water partition coefficient (Wildman–Crippen LogP) is 5.58. The van der Waals surface area contributed by atoms with E-state index in [1.807, 2.05) is 20.8 Å². The molecule has 0 bridgehead atoms. The maximum Gasteiger partial charge on any atom is 1.00 e. The molecule has 17 nitrogen and oxygen atoms in total. The van der Waals surface area contributed by atoms with E-state index in [0.29, 0.717) is 12.5 Å². The van der Waals surface area contributed by atoms with Crippen molar-refractivity contribution in [1.82, 2.24) is 0 Å². The number of unbranched alkanes of at least 4 members (excludes halogenated alkanes) is 9. The molecular formula is C49H59F3N4Na2O13S2. The first-order valence-corrected chi connectivity index (χ1v) is 25.0. The Bertz CT molecular complexity index is 2670. The van der Waals surface area contributed by atoms with Crippen molar-refractivity contribution in [2.45, 2.75) is 141 Å². The van der Waals surface area contributed by atoms with Gasteiger partial charge in [0.2, 0.25) is 12.0 Å². The van der Waals surface area contributed by atoms with Gasteiger partial charge in [-0.3, -0.25) is 19.4 Å². The summed E-state index contributed by atoms with van der Waals surface area (Å²) >= 11 is 0.238. The Morgan fingerprint density at radius 3 is 1.96 bits per heavy atom. The van der Waals surface area contributed by atoms with Gasteiger partial charge in [-0.25, -0.2) is 13.2 Å². The fourth-order valence-electron chi connectivity index (χ4n) is 7.99. The topological polar surface area (TPSA) is 254 Å². The number of alkyl halides is 3. The molecule has 4 rings (SSSR count). The minimum Gasteiger partial charge on any atom is -0.744 e. The molecule has 0 heterocycles. The van der Waals surface area contributed by atoms with E-state index in [1.54, 1.807) is 13.8 Å². The summed E-state index contributed by atoms with van der Waals surface area (Å²) in [7, 11) is -5.07. The van der Waals surface area contributed by atoms with E-state index in [1.165, 1.54) is 62.4 Å². The van der Waals surface area contributed by atoms with Gasteiger partial charge in [-0.05, 0) is 84.3 Å². The first kappa shape index (κ1) is 65.5. The van der Waals surface area contributed by atoms with Crippen LogP contribution in [0.25, 0.3) is 10.8 Å². The minimum absolute atomic E-state index is 0. The number of phenolic OH excluding ortho intramolecular Hbond substituents is 1. The quantitative estimate of drug-likeness (QED) is 0.00800. The number of phenols is 1. The molecule has 2 amide bonds. The van der Waals surface area contributed by atoms with Crippen molar-refractivity contribution in [2.75, 3.05) is 17.2 Å². The summed E-state index contributed by atoms with van der Waals surface area (Å²) in [4.78, 5) is 52.5. The van der Waals surface area contributed by atoms with Crippen molar-refractivity contribution >= 4 is 79.2 Å². The van der Waals surface area contributed by atoms with Crippen molar-refractivity contribution in [3.05, 3.63) is 71.8 Å². The van der Waals surface area contributed by atoms with E-state index in [-0.39, 0.29) is 128 Å². The normalized spacial score (nSPS) is 12.4. The fourth-order valence-corrected chi connectivity index (χ4v) is 9.02. The summed E-state index contributed by atoms with van der Waals surface area (Å²) in [6.45, 7) is 12.1. The number of hydrogen-bond donors (Lipinski definition) is 3. The van der Waals surface area contributed by atoms with Gasteiger partial charge < -0.3 is 35.0 Å². The van der Waals surface area contributed by atoms with Crippen LogP contribution in [0.2, 0.25) is 0 Å². The number of esters is 1. The van der Waals surface area contributed by atoms with Gasteiger partial charge in [0.15, 0.2) is 11.5 Å². The molecule has 0 aliphatic rings. The van der Waals surface area contributed by atoms with E-state index < -0.39 is 78.7 Å². The van der Waals surface area contributed by atoms with Crippen molar-refractivity contribution in [1.29, 1.82) is 0 Å². The molecule has 0 fully saturated rings. The van der Waals surface area contributed by atoms with Gasteiger partial charge in [0.1, 0.15) is 21.6 Å². The maximum atomic E-state index is 14.4. The number of hydrogen-bond acceptors (Lipinski definition) is 16. The van der Waals surface area contributed by atoms with Crippen LogP contribution in [0.5, 0.6) is 11.5 Å². The van der Waals surface area contributed by atoms with Crippen molar-refractivity contribution in [3.63, 3.8) is 0 Å². The SMILES string of the molecule is CCCCCCCCCCCCOC(=O)c1ccc(C(F)(F)F)c(NC(=O)C(Oc2ccc(N=Nc3c(SOO[O-])cc4cc(S(=O)(=O)[O-])cc(NC(C)=O)c4c3O)cc2)C(=O)C(C)(C)CC(C)(C)C)c1.[Na+].[Na+]. The molecule has 1 unspecified atom stereocenters. The molecule has 4 aromatic rings. The molecule has 0 aliphatic heterocycles. The Balaban J connectivity index is 0.00000913. The number of azo groups is 1. The third-order valence-corrected chi connectivity index (χ3v) is 12.3. The number of aromatic hydroxyl groups is 1. The first-order chi connectivity index (χ1) is 33.2. The molecule has 4 aromatic carbocycles. The van der Waals surface area contributed by atoms with Crippen LogP contribution in [0.3, 0.4) is 0 Å². The second kappa shape index (κ2) is 29.6. The minimum atomic E-state index is -5.07. The van der Waals surface area contributed by atoms with E-state index in [9.17, 15) is 55.7 Å². The van der Waals surface area contributed by atoms with Crippen LogP contribution in [0, 0.1) is 10.8 Å². The number of ketones is 1. The van der Waals surface area contributed by atoms with Crippen LogP contribution in [0.4, 0.5) is 35.9 Å². The summed E-state index contributed by atoms with van der Waals surface area (Å²) in [5, 5.41) is 38.0. The van der Waals surface area contributed by atoms with Crippen molar-refractivity contribution < 1.29 is 134 Å². The Morgan fingerprint density at radius 1 is 0.808 bits per heavy atom. The summed E-state index contributed by atoms with van der Waals surface area (Å²) in [5.41, 5.74) is -4.66. The number of halogens is 3. The number of carbonyl (C=O) groups excluding carboxylic acids is 4. The maximum absolute atomic E-state index is 14.4. The van der Waals surface area contributed by atoms with Gasteiger partial charge >= 0.3 is 71.3 Å². The van der Waals surface area contributed by atoms with Gasteiger partial charge in [-0.15, -0.1) is 5.11 Å². The number of Topliss-reactive ketones (excluding diaryl/α,β-unsaturated/α-hetero) is 1.